The highest BCUT2D eigenvalue weighted by molar-refractivity contribution is 5.66. The molecule has 4 heteroatoms. The minimum absolute atomic E-state index is 0.287. The lowest BCUT2D eigenvalue weighted by Gasteiger charge is -2.19. The molecule has 0 bridgehead atoms. The maximum Gasteiger partial charge on any atom is 0.303 e. The minimum Gasteiger partial charge on any atom is -0.481 e. The number of nitrogens with one attached hydrogen (secondary N) is 1. The lowest BCUT2D eigenvalue weighted by molar-refractivity contribution is -0.137. The van der Waals surface area contributed by atoms with E-state index in [0.717, 1.165) is 38.3 Å². The second-order valence-electron chi connectivity index (χ2n) is 4.87. The van der Waals surface area contributed by atoms with Crippen LogP contribution in [0.15, 0.2) is 0 Å². The molecule has 0 aromatic heterocycles. The Labute approximate surface area is 96.4 Å². The summed E-state index contributed by atoms with van der Waals surface area (Å²) in [4.78, 5) is 10.3. The summed E-state index contributed by atoms with van der Waals surface area (Å²) in [5.41, 5.74) is 0. The lowest BCUT2D eigenvalue weighted by Crippen LogP contribution is -2.38. The third kappa shape index (κ3) is 3.46. The molecule has 4 nitrogen and oxygen atoms in total. The molecule has 1 saturated heterocycles. The number of hydrogen-bond donors (Lipinski definition) is 2. The van der Waals surface area contributed by atoms with Crippen molar-refractivity contribution in [3.63, 3.8) is 0 Å². The molecule has 0 amide bonds. The Hall–Kier alpha value is -0.610. The Morgan fingerprint density at radius 2 is 2.12 bits per heavy atom. The summed E-state index contributed by atoms with van der Waals surface area (Å²) >= 11 is 0. The Bertz CT molecular complexity index is 240. The second-order valence-corrected chi connectivity index (χ2v) is 4.87. The van der Waals surface area contributed by atoms with Crippen LogP contribution in [0.2, 0.25) is 0 Å². The second kappa shape index (κ2) is 5.64. The maximum atomic E-state index is 10.3. The van der Waals surface area contributed by atoms with E-state index in [-0.39, 0.29) is 6.42 Å². The van der Waals surface area contributed by atoms with Crippen molar-refractivity contribution in [3.05, 3.63) is 0 Å². The molecule has 1 saturated carbocycles. The first kappa shape index (κ1) is 11.9. The third-order valence-electron chi connectivity index (χ3n) is 3.45. The van der Waals surface area contributed by atoms with Crippen molar-refractivity contribution in [2.24, 2.45) is 5.92 Å². The SMILES string of the molecule is O=C(O)CCCCNC1CCOC1C1CC1. The molecule has 2 atom stereocenters. The molecule has 2 rings (SSSR count). The number of carboxylic acids is 1. The smallest absolute Gasteiger partial charge is 0.303 e. The monoisotopic (exact) mass is 227 g/mol. The van der Waals surface area contributed by atoms with E-state index in [2.05, 4.69) is 5.32 Å². The molecule has 16 heavy (non-hydrogen) atoms. The molecule has 1 aliphatic carbocycles. The highest BCUT2D eigenvalue weighted by Crippen LogP contribution is 2.38. The van der Waals surface area contributed by atoms with Crippen molar-refractivity contribution in [2.45, 2.75) is 50.7 Å². The molecule has 2 fully saturated rings. The topological polar surface area (TPSA) is 58.6 Å². The van der Waals surface area contributed by atoms with Gasteiger partial charge in [-0.3, -0.25) is 4.79 Å². The van der Waals surface area contributed by atoms with Gasteiger partial charge >= 0.3 is 5.97 Å². The van der Waals surface area contributed by atoms with E-state index in [1.54, 1.807) is 0 Å². The lowest BCUT2D eigenvalue weighted by atomic mass is 10.1. The quantitative estimate of drug-likeness (QED) is 0.645. The zero-order valence-electron chi connectivity index (χ0n) is 9.65. The summed E-state index contributed by atoms with van der Waals surface area (Å²) < 4.78 is 5.73. The van der Waals surface area contributed by atoms with Crippen LogP contribution >= 0.6 is 0 Å². The van der Waals surface area contributed by atoms with Gasteiger partial charge in [-0.25, -0.2) is 0 Å². The van der Waals surface area contributed by atoms with Crippen molar-refractivity contribution < 1.29 is 14.6 Å². The van der Waals surface area contributed by atoms with E-state index >= 15 is 0 Å². The first-order valence-electron chi connectivity index (χ1n) is 6.34. The fraction of sp³-hybridized carbons (Fsp3) is 0.917. The van der Waals surface area contributed by atoms with Gasteiger partial charge in [0.15, 0.2) is 0 Å². The summed E-state index contributed by atoms with van der Waals surface area (Å²) in [5, 5.41) is 12.0. The van der Waals surface area contributed by atoms with E-state index in [1.165, 1.54) is 12.8 Å². The van der Waals surface area contributed by atoms with E-state index in [4.69, 9.17) is 9.84 Å². The van der Waals surface area contributed by atoms with E-state index in [1.807, 2.05) is 0 Å². The van der Waals surface area contributed by atoms with Crippen LogP contribution in [0, 0.1) is 5.92 Å². The minimum atomic E-state index is -0.694. The van der Waals surface area contributed by atoms with Crippen LogP contribution in [0.1, 0.15) is 38.5 Å². The molecule has 2 unspecified atom stereocenters. The molecule has 0 aromatic rings. The Kier molecular flexibility index (Phi) is 4.18. The average Bonchev–Trinajstić information content (AvgIpc) is 2.98. The highest BCUT2D eigenvalue weighted by Gasteiger charge is 2.40. The van der Waals surface area contributed by atoms with Crippen LogP contribution in [0.3, 0.4) is 0 Å². The zero-order valence-corrected chi connectivity index (χ0v) is 9.65. The van der Waals surface area contributed by atoms with E-state index < -0.39 is 5.97 Å². The van der Waals surface area contributed by atoms with E-state index in [0.29, 0.717) is 12.1 Å². The predicted octanol–water partition coefficient (Wildman–Crippen LogP) is 1.40. The highest BCUT2D eigenvalue weighted by atomic mass is 16.5. The summed E-state index contributed by atoms with van der Waals surface area (Å²) in [6, 6.07) is 0.511. The standard InChI is InChI=1S/C12H21NO3/c14-11(15)3-1-2-7-13-10-6-8-16-12(10)9-4-5-9/h9-10,12-13H,1-8H2,(H,14,15). The Morgan fingerprint density at radius 1 is 1.31 bits per heavy atom. The molecule has 0 spiro atoms. The number of rotatable bonds is 7. The number of aliphatic carboxylic acids is 1. The van der Waals surface area contributed by atoms with Crippen molar-refractivity contribution in [1.29, 1.82) is 0 Å². The first-order valence-corrected chi connectivity index (χ1v) is 6.34. The fourth-order valence-electron chi connectivity index (χ4n) is 2.41. The predicted molar refractivity (Wildman–Crippen MR) is 60.4 cm³/mol. The van der Waals surface area contributed by atoms with Crippen LogP contribution in [0.5, 0.6) is 0 Å². The largest absolute Gasteiger partial charge is 0.481 e. The van der Waals surface area contributed by atoms with Crippen molar-refractivity contribution in [3.8, 4) is 0 Å². The zero-order chi connectivity index (χ0) is 11.4. The van der Waals surface area contributed by atoms with Gasteiger partial charge in [0.2, 0.25) is 0 Å². The number of unbranched alkanes of at least 4 members (excludes halogenated alkanes) is 1. The van der Waals surface area contributed by atoms with Gasteiger partial charge in [0, 0.05) is 19.1 Å². The molecular weight excluding hydrogens is 206 g/mol. The molecule has 92 valence electrons. The van der Waals surface area contributed by atoms with Crippen molar-refractivity contribution in [2.75, 3.05) is 13.2 Å². The third-order valence-corrected chi connectivity index (χ3v) is 3.45. The number of ether oxygens (including phenoxy) is 1. The van der Waals surface area contributed by atoms with Gasteiger partial charge in [0.25, 0.3) is 0 Å². The van der Waals surface area contributed by atoms with Gasteiger partial charge in [-0.1, -0.05) is 0 Å². The Morgan fingerprint density at radius 3 is 2.81 bits per heavy atom. The number of hydrogen-bond acceptors (Lipinski definition) is 3. The van der Waals surface area contributed by atoms with Crippen LogP contribution in [0.4, 0.5) is 0 Å². The van der Waals surface area contributed by atoms with Crippen LogP contribution < -0.4 is 5.32 Å². The average molecular weight is 227 g/mol. The van der Waals surface area contributed by atoms with Crippen molar-refractivity contribution in [1.82, 2.24) is 5.32 Å². The molecule has 2 aliphatic rings. The molecule has 2 N–H and O–H groups in total. The van der Waals surface area contributed by atoms with Crippen LogP contribution in [0.25, 0.3) is 0 Å². The van der Waals surface area contributed by atoms with Gasteiger partial charge in [-0.15, -0.1) is 0 Å². The van der Waals surface area contributed by atoms with E-state index in [9.17, 15) is 4.79 Å². The summed E-state index contributed by atoms with van der Waals surface area (Å²) in [5.74, 6) is 0.0964. The number of carbonyl (C=O) groups is 1. The Balaban J connectivity index is 1.56. The summed E-state index contributed by atoms with van der Waals surface area (Å²) in [7, 11) is 0. The maximum absolute atomic E-state index is 10.3. The van der Waals surface area contributed by atoms with Gasteiger partial charge in [-0.2, -0.15) is 0 Å². The van der Waals surface area contributed by atoms with Gasteiger partial charge in [0.05, 0.1) is 6.10 Å². The first-order chi connectivity index (χ1) is 7.77. The molecule has 1 aliphatic heterocycles. The van der Waals surface area contributed by atoms with Gasteiger partial charge < -0.3 is 15.2 Å². The van der Waals surface area contributed by atoms with Gasteiger partial charge in [0.1, 0.15) is 0 Å². The molecular formula is C12H21NO3. The molecule has 0 radical (unpaired) electrons. The summed E-state index contributed by atoms with van der Waals surface area (Å²) in [6.07, 6.45) is 6.18. The molecule has 1 heterocycles. The number of carboxylic acid groups (broad SMARTS) is 1. The summed E-state index contributed by atoms with van der Waals surface area (Å²) in [6.45, 7) is 1.80. The fourth-order valence-corrected chi connectivity index (χ4v) is 2.41. The van der Waals surface area contributed by atoms with Crippen LogP contribution in [-0.4, -0.2) is 36.4 Å². The normalized spacial score (nSPS) is 29.5. The van der Waals surface area contributed by atoms with Crippen molar-refractivity contribution >= 4 is 5.97 Å². The van der Waals surface area contributed by atoms with Gasteiger partial charge in [-0.05, 0) is 44.6 Å². The van der Waals surface area contributed by atoms with Crippen LogP contribution in [-0.2, 0) is 9.53 Å². The molecule has 0 aromatic carbocycles.